The molecule has 1 aromatic heterocycles. The minimum absolute atomic E-state index is 0.00586. The van der Waals surface area contributed by atoms with Gasteiger partial charge in [0.1, 0.15) is 5.82 Å². The van der Waals surface area contributed by atoms with Crippen molar-refractivity contribution in [1.82, 2.24) is 24.9 Å². The minimum atomic E-state index is -1.88. The van der Waals surface area contributed by atoms with Crippen LogP contribution in [0.4, 0.5) is 4.79 Å². The molecule has 0 aliphatic carbocycles. The summed E-state index contributed by atoms with van der Waals surface area (Å²) in [6.07, 6.45) is 0. The van der Waals surface area contributed by atoms with E-state index in [1.54, 1.807) is 4.57 Å². The molecule has 1 aromatic rings. The Morgan fingerprint density at radius 3 is 2.48 bits per heavy atom. The van der Waals surface area contributed by atoms with E-state index in [0.29, 0.717) is 13.2 Å². The highest BCUT2D eigenvalue weighted by molar-refractivity contribution is 6.74. The third kappa shape index (κ3) is 3.40. The molecular weight excluding hydrogens is 334 g/mol. The van der Waals surface area contributed by atoms with Crippen LogP contribution in [0, 0.1) is 6.92 Å². The number of hydrogen-bond acceptors (Lipinski definition) is 5. The van der Waals surface area contributed by atoms with Gasteiger partial charge in [-0.1, -0.05) is 20.8 Å². The Balaban J connectivity index is 1.78. The maximum absolute atomic E-state index is 13.0. The summed E-state index contributed by atoms with van der Waals surface area (Å²) in [5, 5.41) is 7.47. The largest absolute Gasteiger partial charge is 0.409 e. The van der Waals surface area contributed by atoms with Crippen molar-refractivity contribution in [2.45, 2.75) is 59.0 Å². The van der Waals surface area contributed by atoms with E-state index in [-0.39, 0.29) is 11.1 Å². The normalized spacial score (nSPS) is 19.6. The summed E-state index contributed by atoms with van der Waals surface area (Å²) in [5.41, 5.74) is 1.93. The molecule has 0 radical (unpaired) electrons. The second-order valence-corrected chi connectivity index (χ2v) is 13.3. The first-order chi connectivity index (χ1) is 11.6. The zero-order valence-electron chi connectivity index (χ0n) is 16.3. The Morgan fingerprint density at radius 1 is 1.24 bits per heavy atom. The highest BCUT2D eigenvalue weighted by Gasteiger charge is 2.39. The number of amides is 1. The number of nitrogens with zero attached hydrogens (tertiary/aromatic N) is 4. The van der Waals surface area contributed by atoms with Gasteiger partial charge in [0.2, 0.25) is 0 Å². The van der Waals surface area contributed by atoms with Gasteiger partial charge in [0.05, 0.1) is 24.5 Å². The number of hydrogen-bond donors (Lipinski definition) is 1. The number of nitrogens with one attached hydrogen (secondary N) is 1. The predicted molar refractivity (Wildman–Crippen MR) is 99.7 cm³/mol. The number of carbonyl (C=O) groups excluding carboxylic acids is 1. The van der Waals surface area contributed by atoms with E-state index in [1.165, 1.54) is 0 Å². The fourth-order valence-corrected chi connectivity index (χ4v) is 3.96. The van der Waals surface area contributed by atoms with Gasteiger partial charge in [-0.15, -0.1) is 0 Å². The number of fused-ring (bicyclic) bond motifs is 1. The minimum Gasteiger partial charge on any atom is -0.409 e. The smallest absolute Gasteiger partial charge is 0.344 e. The summed E-state index contributed by atoms with van der Waals surface area (Å²) in [5.74, 6) is 0.736. The van der Waals surface area contributed by atoms with Gasteiger partial charge in [-0.2, -0.15) is 0 Å². The number of rotatable bonds is 4. The van der Waals surface area contributed by atoms with Gasteiger partial charge in [0.25, 0.3) is 0 Å². The summed E-state index contributed by atoms with van der Waals surface area (Å²) < 4.78 is 8.08. The van der Waals surface area contributed by atoms with Crippen LogP contribution in [0.15, 0.2) is 0 Å². The van der Waals surface area contributed by atoms with Gasteiger partial charge in [-0.3, -0.25) is 5.01 Å². The number of piperazine rings is 1. The van der Waals surface area contributed by atoms with Crippen LogP contribution in [0.25, 0.3) is 0 Å². The number of aromatic nitrogens is 2. The molecular formula is C17H31N5O2Si. The zero-order chi connectivity index (χ0) is 18.4. The standard InChI is InChI=1S/C17H31N5O2Si/c1-13-14-11-21(20-9-7-18-8-10-20)16(23)22(14)15(19-13)12-24-25(5,6)17(2,3)4/h18H,7-12H2,1-6H3. The molecule has 0 aromatic carbocycles. The van der Waals surface area contributed by atoms with Crippen LogP contribution in [0.2, 0.25) is 18.1 Å². The van der Waals surface area contributed by atoms with Gasteiger partial charge in [0, 0.05) is 26.2 Å². The Bertz CT molecular complexity index is 659. The zero-order valence-corrected chi connectivity index (χ0v) is 17.3. The van der Waals surface area contributed by atoms with Crippen molar-refractivity contribution in [2.75, 3.05) is 26.2 Å². The molecule has 3 rings (SSSR count). The maximum Gasteiger partial charge on any atom is 0.344 e. The first-order valence-electron chi connectivity index (χ1n) is 9.10. The molecule has 25 heavy (non-hydrogen) atoms. The molecule has 2 aliphatic heterocycles. The SMILES string of the molecule is Cc1nc(CO[Si](C)(C)C(C)(C)C)n2c1CN(N1CCNCC1)C2=O. The van der Waals surface area contributed by atoms with Crippen LogP contribution in [-0.4, -0.2) is 60.1 Å². The van der Waals surface area contributed by atoms with Crippen molar-refractivity contribution in [3.63, 3.8) is 0 Å². The van der Waals surface area contributed by atoms with Gasteiger partial charge < -0.3 is 9.74 Å². The third-order valence-electron chi connectivity index (χ3n) is 5.76. The van der Waals surface area contributed by atoms with E-state index in [0.717, 1.165) is 43.4 Å². The fourth-order valence-electron chi connectivity index (χ4n) is 3.04. The average Bonchev–Trinajstić information content (AvgIpc) is 3.04. The molecule has 2 aliphatic rings. The average molecular weight is 366 g/mol. The van der Waals surface area contributed by atoms with E-state index < -0.39 is 8.32 Å². The Labute approximate surface area is 151 Å². The Hall–Kier alpha value is -1.22. The van der Waals surface area contributed by atoms with Gasteiger partial charge >= 0.3 is 6.03 Å². The van der Waals surface area contributed by atoms with E-state index in [4.69, 9.17) is 4.43 Å². The molecule has 140 valence electrons. The lowest BCUT2D eigenvalue weighted by molar-refractivity contribution is 0.00768. The van der Waals surface area contributed by atoms with E-state index in [2.05, 4.69) is 49.2 Å². The summed E-state index contributed by atoms with van der Waals surface area (Å²) >= 11 is 0. The van der Waals surface area contributed by atoms with Crippen molar-refractivity contribution in [3.8, 4) is 0 Å². The number of imidazole rings is 1. The summed E-state index contributed by atoms with van der Waals surface area (Å²) in [7, 11) is -1.88. The quantitative estimate of drug-likeness (QED) is 0.830. The molecule has 8 heteroatoms. The highest BCUT2D eigenvalue weighted by atomic mass is 28.4. The number of aryl methyl sites for hydroxylation is 1. The molecule has 1 amide bonds. The second-order valence-electron chi connectivity index (χ2n) is 8.49. The second kappa shape index (κ2) is 6.50. The van der Waals surface area contributed by atoms with Gasteiger partial charge in [-0.05, 0) is 25.1 Å². The topological polar surface area (TPSA) is 62.6 Å². The highest BCUT2D eigenvalue weighted by Crippen LogP contribution is 2.37. The van der Waals surface area contributed by atoms with E-state index in [9.17, 15) is 4.79 Å². The van der Waals surface area contributed by atoms with Crippen molar-refractivity contribution < 1.29 is 9.22 Å². The lowest BCUT2D eigenvalue weighted by Crippen LogP contribution is -2.53. The lowest BCUT2D eigenvalue weighted by Gasteiger charge is -2.36. The predicted octanol–water partition coefficient (Wildman–Crippen LogP) is 2.32. The van der Waals surface area contributed by atoms with Gasteiger partial charge in [0.15, 0.2) is 8.32 Å². The van der Waals surface area contributed by atoms with Crippen LogP contribution in [0.3, 0.4) is 0 Å². The van der Waals surface area contributed by atoms with Crippen molar-refractivity contribution in [3.05, 3.63) is 17.2 Å². The van der Waals surface area contributed by atoms with Crippen LogP contribution >= 0.6 is 0 Å². The summed E-state index contributed by atoms with van der Waals surface area (Å²) in [6, 6.07) is 0.00586. The molecule has 0 spiro atoms. The van der Waals surface area contributed by atoms with Crippen molar-refractivity contribution in [1.29, 1.82) is 0 Å². The Morgan fingerprint density at radius 2 is 1.88 bits per heavy atom. The van der Waals surface area contributed by atoms with Crippen LogP contribution in [-0.2, 0) is 17.6 Å². The molecule has 0 unspecified atom stereocenters. The molecule has 0 atom stereocenters. The number of carbonyl (C=O) groups is 1. The first kappa shape index (κ1) is 18.6. The van der Waals surface area contributed by atoms with E-state index in [1.807, 2.05) is 11.9 Å². The van der Waals surface area contributed by atoms with Crippen LogP contribution in [0.5, 0.6) is 0 Å². The summed E-state index contributed by atoms with van der Waals surface area (Å²) in [6.45, 7) is 17.6. The monoisotopic (exact) mass is 365 g/mol. The molecule has 1 saturated heterocycles. The van der Waals surface area contributed by atoms with Crippen molar-refractivity contribution in [2.24, 2.45) is 0 Å². The molecule has 7 nitrogen and oxygen atoms in total. The molecule has 3 heterocycles. The third-order valence-corrected chi connectivity index (χ3v) is 10.2. The Kier molecular flexibility index (Phi) is 4.82. The molecule has 1 fully saturated rings. The molecule has 0 bridgehead atoms. The van der Waals surface area contributed by atoms with E-state index >= 15 is 0 Å². The van der Waals surface area contributed by atoms with Crippen LogP contribution < -0.4 is 5.32 Å². The molecule has 0 saturated carbocycles. The summed E-state index contributed by atoms with van der Waals surface area (Å²) in [4.78, 5) is 17.6. The lowest BCUT2D eigenvalue weighted by atomic mass is 10.2. The number of hydrazine groups is 1. The van der Waals surface area contributed by atoms with Gasteiger partial charge in [-0.25, -0.2) is 19.4 Å². The maximum atomic E-state index is 13.0. The molecule has 1 N–H and O–H groups in total. The van der Waals surface area contributed by atoms with Crippen LogP contribution in [0.1, 0.15) is 38.0 Å². The first-order valence-corrected chi connectivity index (χ1v) is 12.0. The fraction of sp³-hybridized carbons (Fsp3) is 0.765. The van der Waals surface area contributed by atoms with Crippen molar-refractivity contribution >= 4 is 14.3 Å².